The molecule has 0 unspecified atom stereocenters. The molecule has 0 aromatic carbocycles. The monoisotopic (exact) mass is 284 g/mol. The van der Waals surface area contributed by atoms with Gasteiger partial charge >= 0.3 is 0 Å². The summed E-state index contributed by atoms with van der Waals surface area (Å²) in [4.78, 5) is 14.7. The van der Waals surface area contributed by atoms with E-state index in [1.807, 2.05) is 20.9 Å². The van der Waals surface area contributed by atoms with Crippen molar-refractivity contribution >= 4 is 5.91 Å². The normalized spacial score (nSPS) is 11.7. The highest BCUT2D eigenvalue weighted by Gasteiger charge is 2.29. The van der Waals surface area contributed by atoms with E-state index in [1.54, 1.807) is 0 Å². The van der Waals surface area contributed by atoms with Crippen LogP contribution in [0.4, 0.5) is 0 Å². The number of unbranched alkanes of at least 4 members (excludes halogenated alkanes) is 6. The second-order valence-corrected chi connectivity index (χ2v) is 6.29. The quantitative estimate of drug-likeness (QED) is 0.550. The van der Waals surface area contributed by atoms with Crippen LogP contribution in [-0.2, 0) is 4.79 Å². The highest BCUT2D eigenvalue weighted by Crippen LogP contribution is 2.12. The van der Waals surface area contributed by atoms with E-state index in [4.69, 9.17) is 0 Å². The minimum absolute atomic E-state index is 0.244. The number of nitrogens with one attached hydrogen (secondary N) is 1. The van der Waals surface area contributed by atoms with Gasteiger partial charge in [-0.05, 0) is 33.7 Å². The molecule has 0 spiro atoms. The number of amides is 1. The Bertz CT molecular complexity index is 239. The average molecular weight is 284 g/mol. The Morgan fingerprint density at radius 2 is 1.35 bits per heavy atom. The number of carbonyl (C=O) groups is 1. The first kappa shape index (κ1) is 19.4. The van der Waals surface area contributed by atoms with Crippen molar-refractivity contribution in [2.75, 3.05) is 20.1 Å². The molecule has 20 heavy (non-hydrogen) atoms. The summed E-state index contributed by atoms with van der Waals surface area (Å²) >= 11 is 0. The van der Waals surface area contributed by atoms with Gasteiger partial charge in [-0.1, -0.05) is 52.4 Å². The highest BCUT2D eigenvalue weighted by atomic mass is 16.2. The van der Waals surface area contributed by atoms with Crippen molar-refractivity contribution in [1.29, 1.82) is 0 Å². The molecule has 0 radical (unpaired) electrons. The molecule has 0 bridgehead atoms. The van der Waals surface area contributed by atoms with E-state index in [9.17, 15) is 4.79 Å². The van der Waals surface area contributed by atoms with E-state index < -0.39 is 5.54 Å². The fourth-order valence-corrected chi connectivity index (χ4v) is 2.28. The molecule has 3 heteroatoms. The predicted molar refractivity (Wildman–Crippen MR) is 88.0 cm³/mol. The third-order valence-electron chi connectivity index (χ3n) is 4.01. The van der Waals surface area contributed by atoms with Gasteiger partial charge in [-0.3, -0.25) is 4.79 Å². The number of carbonyl (C=O) groups excluding carboxylic acids is 1. The first-order valence-corrected chi connectivity index (χ1v) is 8.47. The molecule has 3 nitrogen and oxygen atoms in total. The van der Waals surface area contributed by atoms with Gasteiger partial charge in [-0.25, -0.2) is 0 Å². The lowest BCUT2D eigenvalue weighted by Gasteiger charge is -2.32. The lowest BCUT2D eigenvalue weighted by atomic mass is 10.0. The molecule has 120 valence electrons. The van der Waals surface area contributed by atoms with Gasteiger partial charge in [0.15, 0.2) is 0 Å². The molecule has 0 aliphatic heterocycles. The van der Waals surface area contributed by atoms with Crippen LogP contribution >= 0.6 is 0 Å². The molecular formula is C17H36N2O. The van der Waals surface area contributed by atoms with Crippen LogP contribution in [0, 0.1) is 0 Å². The molecule has 1 N–H and O–H groups in total. The number of hydrogen-bond donors (Lipinski definition) is 1. The van der Waals surface area contributed by atoms with Crippen molar-refractivity contribution < 1.29 is 4.79 Å². The molecule has 0 aliphatic rings. The first-order chi connectivity index (χ1) is 9.49. The van der Waals surface area contributed by atoms with E-state index in [1.165, 1.54) is 38.5 Å². The van der Waals surface area contributed by atoms with Gasteiger partial charge in [0.25, 0.3) is 0 Å². The third-order valence-corrected chi connectivity index (χ3v) is 4.01. The molecule has 0 saturated carbocycles. The Balaban J connectivity index is 4.33. The van der Waals surface area contributed by atoms with Crippen molar-refractivity contribution in [3.05, 3.63) is 0 Å². The molecule has 0 saturated heterocycles. The molecule has 0 aromatic heterocycles. The van der Waals surface area contributed by atoms with Crippen LogP contribution in [-0.4, -0.2) is 36.5 Å². The number of likely N-dealkylation sites (N-methyl/N-ethyl adjacent to an activating group) is 1. The van der Waals surface area contributed by atoms with Crippen molar-refractivity contribution in [2.24, 2.45) is 0 Å². The van der Waals surface area contributed by atoms with Gasteiger partial charge in [0.1, 0.15) is 0 Å². The smallest absolute Gasteiger partial charge is 0.242 e. The maximum atomic E-state index is 12.6. The van der Waals surface area contributed by atoms with Crippen LogP contribution in [0.25, 0.3) is 0 Å². The second-order valence-electron chi connectivity index (χ2n) is 6.29. The average Bonchev–Trinajstić information content (AvgIpc) is 2.45. The lowest BCUT2D eigenvalue weighted by molar-refractivity contribution is -0.137. The minimum Gasteiger partial charge on any atom is -0.341 e. The molecule has 0 atom stereocenters. The Kier molecular flexibility index (Phi) is 10.8. The fraction of sp³-hybridized carbons (Fsp3) is 0.941. The Morgan fingerprint density at radius 1 is 0.900 bits per heavy atom. The van der Waals surface area contributed by atoms with Crippen LogP contribution in [0.1, 0.15) is 79.1 Å². The second kappa shape index (κ2) is 11.1. The number of nitrogens with zero attached hydrogens (tertiary/aromatic N) is 1. The van der Waals surface area contributed by atoms with Crippen LogP contribution in [0.2, 0.25) is 0 Å². The van der Waals surface area contributed by atoms with E-state index in [0.717, 1.165) is 25.9 Å². The Morgan fingerprint density at radius 3 is 1.70 bits per heavy atom. The van der Waals surface area contributed by atoms with Gasteiger partial charge in [0, 0.05) is 13.1 Å². The van der Waals surface area contributed by atoms with E-state index in [-0.39, 0.29) is 5.91 Å². The summed E-state index contributed by atoms with van der Waals surface area (Å²) in [7, 11) is 1.87. The summed E-state index contributed by atoms with van der Waals surface area (Å²) in [6.07, 6.45) is 9.75. The van der Waals surface area contributed by atoms with E-state index >= 15 is 0 Å². The fourth-order valence-electron chi connectivity index (χ4n) is 2.28. The van der Waals surface area contributed by atoms with Crippen LogP contribution in [0.5, 0.6) is 0 Å². The van der Waals surface area contributed by atoms with Crippen molar-refractivity contribution in [3.8, 4) is 0 Å². The van der Waals surface area contributed by atoms with Crippen LogP contribution in [0.3, 0.4) is 0 Å². The Hall–Kier alpha value is -0.570. The van der Waals surface area contributed by atoms with Crippen molar-refractivity contribution in [3.63, 3.8) is 0 Å². The number of rotatable bonds is 12. The van der Waals surface area contributed by atoms with Gasteiger partial charge in [-0.15, -0.1) is 0 Å². The maximum absolute atomic E-state index is 12.6. The summed E-state index contributed by atoms with van der Waals surface area (Å²) in [5.41, 5.74) is -0.449. The summed E-state index contributed by atoms with van der Waals surface area (Å²) in [5.74, 6) is 0.244. The van der Waals surface area contributed by atoms with Crippen LogP contribution in [0.15, 0.2) is 0 Å². The van der Waals surface area contributed by atoms with Gasteiger partial charge < -0.3 is 10.2 Å². The van der Waals surface area contributed by atoms with Crippen molar-refractivity contribution in [2.45, 2.75) is 84.6 Å². The van der Waals surface area contributed by atoms with E-state index in [0.29, 0.717) is 0 Å². The SMILES string of the molecule is CCCCCCN(CCCCCC)C(=O)C(C)(C)NC. The summed E-state index contributed by atoms with van der Waals surface area (Å²) < 4.78 is 0. The number of hydrogen-bond acceptors (Lipinski definition) is 2. The zero-order valence-electron chi connectivity index (χ0n) is 14.4. The predicted octanol–water partition coefficient (Wildman–Crippen LogP) is 3.97. The molecular weight excluding hydrogens is 248 g/mol. The van der Waals surface area contributed by atoms with Gasteiger partial charge in [0.2, 0.25) is 5.91 Å². The lowest BCUT2D eigenvalue weighted by Crippen LogP contribution is -2.53. The minimum atomic E-state index is -0.449. The van der Waals surface area contributed by atoms with Gasteiger partial charge in [-0.2, -0.15) is 0 Å². The summed E-state index contributed by atoms with van der Waals surface area (Å²) in [6.45, 7) is 10.2. The molecule has 1 amide bonds. The molecule has 0 fully saturated rings. The molecule has 0 heterocycles. The van der Waals surface area contributed by atoms with Gasteiger partial charge in [0.05, 0.1) is 5.54 Å². The summed E-state index contributed by atoms with van der Waals surface area (Å²) in [5, 5.41) is 3.13. The third kappa shape index (κ3) is 7.88. The van der Waals surface area contributed by atoms with Crippen LogP contribution < -0.4 is 5.32 Å². The molecule has 0 aliphatic carbocycles. The molecule has 0 rings (SSSR count). The molecule has 0 aromatic rings. The highest BCUT2D eigenvalue weighted by molar-refractivity contribution is 5.85. The van der Waals surface area contributed by atoms with Crippen molar-refractivity contribution in [1.82, 2.24) is 10.2 Å². The zero-order chi connectivity index (χ0) is 15.4. The van der Waals surface area contributed by atoms with E-state index in [2.05, 4.69) is 24.1 Å². The maximum Gasteiger partial charge on any atom is 0.242 e. The topological polar surface area (TPSA) is 32.3 Å². The standard InChI is InChI=1S/C17H36N2O/c1-6-8-10-12-14-19(15-13-11-9-7-2)16(20)17(3,4)18-5/h18H,6-15H2,1-5H3. The largest absolute Gasteiger partial charge is 0.341 e. The zero-order valence-corrected chi connectivity index (χ0v) is 14.4. The summed E-state index contributed by atoms with van der Waals surface area (Å²) in [6, 6.07) is 0. The Labute approximate surface area is 126 Å². The first-order valence-electron chi connectivity index (χ1n) is 8.47.